The Morgan fingerprint density at radius 1 is 1.00 bits per heavy atom. The highest BCUT2D eigenvalue weighted by molar-refractivity contribution is 5.81. The second-order valence-corrected chi connectivity index (χ2v) is 7.32. The lowest BCUT2D eigenvalue weighted by Gasteiger charge is -2.17. The van der Waals surface area contributed by atoms with Gasteiger partial charge in [0.1, 0.15) is 0 Å². The van der Waals surface area contributed by atoms with E-state index in [-0.39, 0.29) is 5.69 Å². The molecule has 0 aromatic heterocycles. The summed E-state index contributed by atoms with van der Waals surface area (Å²) in [5, 5.41) is 0. The molecule has 6 heteroatoms. The van der Waals surface area contributed by atoms with Gasteiger partial charge in [0, 0.05) is 6.54 Å². The van der Waals surface area contributed by atoms with Crippen LogP contribution in [0.4, 0.5) is 0 Å². The molecule has 142 valence electrons. The fourth-order valence-electron chi connectivity index (χ4n) is 3.59. The molecule has 0 saturated heterocycles. The third-order valence-corrected chi connectivity index (χ3v) is 5.15. The summed E-state index contributed by atoms with van der Waals surface area (Å²) in [5.74, 6) is 0.341. The van der Waals surface area contributed by atoms with E-state index in [1.165, 1.54) is 11.1 Å². The lowest BCUT2D eigenvalue weighted by Crippen LogP contribution is -2.29. The van der Waals surface area contributed by atoms with E-state index in [4.69, 9.17) is 0 Å². The predicted molar refractivity (Wildman–Crippen MR) is 110 cm³/mol. The van der Waals surface area contributed by atoms with Crippen molar-refractivity contribution < 1.29 is 0 Å². The molecule has 2 aliphatic rings. The Bertz CT molecular complexity index is 1270. The van der Waals surface area contributed by atoms with Gasteiger partial charge in [-0.1, -0.05) is 29.8 Å². The van der Waals surface area contributed by atoms with E-state index >= 15 is 0 Å². The van der Waals surface area contributed by atoms with Gasteiger partial charge in [0.15, 0.2) is 11.5 Å². The molecule has 0 unspecified atom stereocenters. The van der Waals surface area contributed by atoms with Crippen molar-refractivity contribution in [2.24, 2.45) is 0 Å². The summed E-state index contributed by atoms with van der Waals surface area (Å²) in [6.45, 7) is 6.79. The van der Waals surface area contributed by atoms with Crippen LogP contribution in [0, 0.1) is 20.8 Å². The van der Waals surface area contributed by atoms with E-state index in [9.17, 15) is 9.59 Å². The minimum Gasteiger partial charge on any atom is -0.322 e. The Balaban J connectivity index is 1.82. The standard InChI is InChI=1S/C22H22N4O2/c1-13-6-4-7-16(10-13)8-5-9-26-18-12-15(3)14(2)11-17(18)23-19-20(26)24-22(28)25-21(19)27/h4,6-7,10-12H,5,8-9H2,1-3H3,(H,25,27,28). The topological polar surface area (TPSA) is 80.6 Å². The van der Waals surface area contributed by atoms with Crippen molar-refractivity contribution in [2.45, 2.75) is 40.2 Å². The zero-order chi connectivity index (χ0) is 19.8. The third kappa shape index (κ3) is 3.33. The molecule has 4 rings (SSSR count). The fraction of sp³-hybridized carbons (Fsp3) is 0.273. The molecule has 2 aliphatic heterocycles. The second-order valence-electron chi connectivity index (χ2n) is 7.32. The van der Waals surface area contributed by atoms with Gasteiger partial charge in [-0.15, -0.1) is 0 Å². The van der Waals surface area contributed by atoms with Gasteiger partial charge in [0.25, 0.3) is 5.56 Å². The van der Waals surface area contributed by atoms with E-state index in [2.05, 4.69) is 52.2 Å². The number of fused-ring (bicyclic) bond motifs is 2. The first-order chi connectivity index (χ1) is 13.4. The average molecular weight is 374 g/mol. The molecule has 0 saturated carbocycles. The Hall–Kier alpha value is -3.28. The maximum absolute atomic E-state index is 12.3. The predicted octanol–water partition coefficient (Wildman–Crippen LogP) is 3.14. The summed E-state index contributed by atoms with van der Waals surface area (Å²) in [6, 6.07) is 12.5. The fourth-order valence-corrected chi connectivity index (χ4v) is 3.59. The molecule has 0 amide bonds. The van der Waals surface area contributed by atoms with Gasteiger partial charge in [-0.2, -0.15) is 4.98 Å². The number of aryl methyl sites for hydroxylation is 5. The van der Waals surface area contributed by atoms with Gasteiger partial charge in [-0.25, -0.2) is 9.78 Å². The minimum absolute atomic E-state index is 0.200. The van der Waals surface area contributed by atoms with Crippen molar-refractivity contribution in [1.29, 1.82) is 0 Å². The third-order valence-electron chi connectivity index (χ3n) is 5.15. The average Bonchev–Trinajstić information content (AvgIpc) is 2.63. The summed E-state index contributed by atoms with van der Waals surface area (Å²) in [6.07, 6.45) is 1.76. The van der Waals surface area contributed by atoms with Crippen LogP contribution in [-0.4, -0.2) is 19.5 Å². The number of nitrogens with one attached hydrogen (secondary N) is 1. The quantitative estimate of drug-likeness (QED) is 0.557. The van der Waals surface area contributed by atoms with Crippen LogP contribution in [0.25, 0.3) is 22.6 Å². The van der Waals surface area contributed by atoms with Crippen molar-refractivity contribution in [3.8, 4) is 11.5 Å². The molecule has 1 N–H and O–H groups in total. The van der Waals surface area contributed by atoms with Crippen LogP contribution in [0.2, 0.25) is 0 Å². The van der Waals surface area contributed by atoms with E-state index in [1.54, 1.807) is 0 Å². The van der Waals surface area contributed by atoms with Gasteiger partial charge < -0.3 is 4.57 Å². The van der Waals surface area contributed by atoms with Crippen molar-refractivity contribution in [2.75, 3.05) is 0 Å². The summed E-state index contributed by atoms with van der Waals surface area (Å²) in [5.41, 5.74) is 5.42. The van der Waals surface area contributed by atoms with Crippen molar-refractivity contribution in [3.63, 3.8) is 0 Å². The molecule has 0 spiro atoms. The molecular weight excluding hydrogens is 352 g/mol. The number of aromatic amines is 1. The molecule has 2 heterocycles. The monoisotopic (exact) mass is 374 g/mol. The molecule has 0 aliphatic carbocycles. The Morgan fingerprint density at radius 2 is 1.79 bits per heavy atom. The molecule has 0 radical (unpaired) electrons. The molecule has 0 atom stereocenters. The number of nitrogens with zero attached hydrogens (tertiary/aromatic N) is 3. The largest absolute Gasteiger partial charge is 0.349 e. The smallest absolute Gasteiger partial charge is 0.322 e. The van der Waals surface area contributed by atoms with Gasteiger partial charge in [0.2, 0.25) is 0 Å². The lowest BCUT2D eigenvalue weighted by atomic mass is 10.1. The molecule has 0 bridgehead atoms. The van der Waals surface area contributed by atoms with Crippen LogP contribution in [0.1, 0.15) is 28.7 Å². The van der Waals surface area contributed by atoms with Crippen LogP contribution in [0.3, 0.4) is 0 Å². The number of hydrogen-bond acceptors (Lipinski definition) is 4. The zero-order valence-electron chi connectivity index (χ0n) is 16.2. The van der Waals surface area contributed by atoms with Crippen LogP contribution in [-0.2, 0) is 13.0 Å². The van der Waals surface area contributed by atoms with Gasteiger partial charge in [-0.3, -0.25) is 9.78 Å². The van der Waals surface area contributed by atoms with Crippen molar-refractivity contribution in [1.82, 2.24) is 19.5 Å². The van der Waals surface area contributed by atoms with E-state index < -0.39 is 11.2 Å². The van der Waals surface area contributed by atoms with Crippen LogP contribution in [0.5, 0.6) is 0 Å². The first-order valence-corrected chi connectivity index (χ1v) is 9.40. The Labute approximate surface area is 162 Å². The number of aromatic nitrogens is 4. The number of benzene rings is 2. The van der Waals surface area contributed by atoms with Gasteiger partial charge >= 0.3 is 5.69 Å². The molecule has 28 heavy (non-hydrogen) atoms. The van der Waals surface area contributed by atoms with Crippen LogP contribution in [0.15, 0.2) is 46.0 Å². The summed E-state index contributed by atoms with van der Waals surface area (Å²) < 4.78 is 1.95. The van der Waals surface area contributed by atoms with Gasteiger partial charge in [-0.05, 0) is 62.4 Å². The highest BCUT2D eigenvalue weighted by atomic mass is 16.2. The first kappa shape index (κ1) is 18.1. The first-order valence-electron chi connectivity index (χ1n) is 9.40. The Kier molecular flexibility index (Phi) is 4.55. The van der Waals surface area contributed by atoms with E-state index in [0.29, 0.717) is 12.4 Å². The number of hydrogen-bond donors (Lipinski definition) is 1. The zero-order valence-corrected chi connectivity index (χ0v) is 16.2. The minimum atomic E-state index is -0.644. The van der Waals surface area contributed by atoms with E-state index in [0.717, 1.165) is 35.0 Å². The summed E-state index contributed by atoms with van der Waals surface area (Å²) in [7, 11) is 0. The Morgan fingerprint density at radius 3 is 2.57 bits per heavy atom. The number of H-pyrrole nitrogens is 1. The normalized spacial score (nSPS) is 11.4. The number of rotatable bonds is 4. The van der Waals surface area contributed by atoms with Crippen molar-refractivity contribution in [3.05, 3.63) is 79.5 Å². The van der Waals surface area contributed by atoms with Crippen LogP contribution < -0.4 is 11.2 Å². The summed E-state index contributed by atoms with van der Waals surface area (Å²) >= 11 is 0. The molecule has 2 aromatic carbocycles. The molecule has 6 nitrogen and oxygen atoms in total. The maximum Gasteiger partial charge on any atom is 0.349 e. The highest BCUT2D eigenvalue weighted by Gasteiger charge is 2.19. The molecule has 2 aromatic rings. The van der Waals surface area contributed by atoms with Crippen LogP contribution >= 0.6 is 0 Å². The lowest BCUT2D eigenvalue weighted by molar-refractivity contribution is 0.648. The maximum atomic E-state index is 12.3. The SMILES string of the molecule is Cc1cccc(CCCn2c3nc(=O)[nH]c(=O)c-3nc3cc(C)c(C)cc32)c1. The molecule has 0 fully saturated rings. The summed E-state index contributed by atoms with van der Waals surface area (Å²) in [4.78, 5) is 34.9. The van der Waals surface area contributed by atoms with Gasteiger partial charge in [0.05, 0.1) is 11.0 Å². The second kappa shape index (κ2) is 7.03. The molecular formula is C22H22N4O2. The highest BCUT2D eigenvalue weighted by Crippen LogP contribution is 2.24. The van der Waals surface area contributed by atoms with E-state index in [1.807, 2.05) is 24.5 Å². The van der Waals surface area contributed by atoms with Crippen molar-refractivity contribution >= 4 is 11.0 Å².